The highest BCUT2D eigenvalue weighted by Gasteiger charge is 2.32. The quantitative estimate of drug-likeness (QED) is 0.270. The topological polar surface area (TPSA) is 18.5 Å². The van der Waals surface area contributed by atoms with Gasteiger partial charge in [0, 0.05) is 15.7 Å². The summed E-state index contributed by atoms with van der Waals surface area (Å²) in [6, 6.07) is 22.6. The van der Waals surface area contributed by atoms with Crippen molar-refractivity contribution in [2.45, 2.75) is 78.6 Å². The van der Waals surface area contributed by atoms with Crippen LogP contribution in [0.1, 0.15) is 79.0 Å². The van der Waals surface area contributed by atoms with Crippen LogP contribution in [-0.2, 0) is 16.2 Å². The molecule has 1 atom stereocenters. The predicted octanol–water partition coefficient (Wildman–Crippen LogP) is 10.4. The van der Waals surface area contributed by atoms with Crippen LogP contribution in [0, 0.1) is 0 Å². The summed E-state index contributed by atoms with van der Waals surface area (Å²) in [5, 5.41) is 5.56. The summed E-state index contributed by atoms with van der Waals surface area (Å²) < 4.78 is 11.1. The van der Waals surface area contributed by atoms with Crippen LogP contribution in [0.25, 0.3) is 26.7 Å². The summed E-state index contributed by atoms with van der Waals surface area (Å²) in [4.78, 5) is 0. The third-order valence-electron chi connectivity index (χ3n) is 7.21. The zero-order chi connectivity index (χ0) is 27.3. The van der Waals surface area contributed by atoms with Crippen molar-refractivity contribution < 1.29 is 9.47 Å². The molecule has 0 bridgehead atoms. The van der Waals surface area contributed by atoms with Crippen LogP contribution in [0.2, 0.25) is 0 Å². The van der Waals surface area contributed by atoms with E-state index in [0.717, 1.165) is 11.5 Å². The van der Waals surface area contributed by atoms with E-state index in [1.165, 1.54) is 43.4 Å². The second-order valence-corrected chi connectivity index (χ2v) is 15.3. The third-order valence-corrected chi connectivity index (χ3v) is 9.90. The van der Waals surface area contributed by atoms with Gasteiger partial charge < -0.3 is 9.47 Å². The minimum atomic E-state index is -0.781. The summed E-state index contributed by atoms with van der Waals surface area (Å²) in [6.45, 7) is 21.2. The Labute approximate surface area is 225 Å². The van der Waals surface area contributed by atoms with Crippen molar-refractivity contribution >= 4 is 18.0 Å². The molecule has 0 amide bonds. The van der Waals surface area contributed by atoms with Gasteiger partial charge in [-0.1, -0.05) is 94.1 Å². The van der Waals surface area contributed by atoms with Gasteiger partial charge in [-0.2, -0.15) is 0 Å². The summed E-state index contributed by atoms with van der Waals surface area (Å²) in [7, 11) is 2.69. The minimum absolute atomic E-state index is 0.000825. The molecule has 37 heavy (non-hydrogen) atoms. The summed E-state index contributed by atoms with van der Waals surface area (Å²) in [5.41, 5.74) is 5.64. The molecule has 0 saturated heterocycles. The number of hydrogen-bond acceptors (Lipinski definition) is 2. The van der Waals surface area contributed by atoms with Crippen molar-refractivity contribution in [1.82, 2.24) is 0 Å². The van der Waals surface area contributed by atoms with Crippen molar-refractivity contribution in [3.8, 4) is 27.7 Å². The molecule has 0 aliphatic carbocycles. The lowest BCUT2D eigenvalue weighted by molar-refractivity contribution is 0.415. The van der Waals surface area contributed by atoms with E-state index in [0.29, 0.717) is 0 Å². The molecule has 0 aliphatic heterocycles. The Kier molecular flexibility index (Phi) is 7.06. The van der Waals surface area contributed by atoms with Crippen LogP contribution in [-0.4, -0.2) is 14.2 Å². The molecular formula is C34H43O2P. The SMILES string of the molecule is COc1ccc(-c2cc3cc(OC)ccc3p2-c2c(C(C)(C)C)cc(C(C)(C)C)cc2C(C)(C)C)cc1. The molecule has 0 spiro atoms. The Morgan fingerprint density at radius 3 is 1.54 bits per heavy atom. The average Bonchev–Trinajstić information content (AvgIpc) is 3.19. The van der Waals surface area contributed by atoms with E-state index in [9.17, 15) is 0 Å². The van der Waals surface area contributed by atoms with Gasteiger partial charge >= 0.3 is 0 Å². The molecule has 1 heterocycles. The molecule has 0 fully saturated rings. The molecule has 0 aliphatic rings. The second kappa shape index (κ2) is 9.55. The molecule has 4 rings (SSSR count). The normalized spacial score (nSPS) is 13.2. The lowest BCUT2D eigenvalue weighted by Gasteiger charge is -2.34. The van der Waals surface area contributed by atoms with E-state index >= 15 is 0 Å². The average molecular weight is 515 g/mol. The number of hydrogen-bond donors (Lipinski definition) is 0. The molecule has 0 N–H and O–H groups in total. The van der Waals surface area contributed by atoms with Gasteiger partial charge in [-0.25, -0.2) is 0 Å². The number of methoxy groups -OCH3 is 2. The predicted molar refractivity (Wildman–Crippen MR) is 163 cm³/mol. The fraction of sp³-hybridized carbons (Fsp3) is 0.412. The molecule has 1 unspecified atom stereocenters. The summed E-state index contributed by atoms with van der Waals surface area (Å²) >= 11 is 0. The second-order valence-electron chi connectivity index (χ2n) is 13.2. The summed E-state index contributed by atoms with van der Waals surface area (Å²) in [5.74, 6) is 1.78. The van der Waals surface area contributed by atoms with E-state index in [1.807, 2.05) is 0 Å². The maximum absolute atomic E-state index is 5.62. The van der Waals surface area contributed by atoms with Gasteiger partial charge in [0.1, 0.15) is 11.5 Å². The summed E-state index contributed by atoms with van der Waals surface area (Å²) in [6.07, 6.45) is 0. The van der Waals surface area contributed by atoms with Crippen molar-refractivity contribution in [3.63, 3.8) is 0 Å². The van der Waals surface area contributed by atoms with Crippen LogP contribution in [0.4, 0.5) is 0 Å². The Morgan fingerprint density at radius 1 is 0.568 bits per heavy atom. The standard InChI is InChI=1S/C34H43O2P/c1-32(2,3)24-20-27(33(4,5)6)31(28(21-24)34(7,8)9)37-29-17-16-26(36-11)18-23(29)19-30(37)22-12-14-25(35-10)15-13-22/h12-21H,1-11H3. The van der Waals surface area contributed by atoms with Crippen LogP contribution in [0.5, 0.6) is 11.5 Å². The van der Waals surface area contributed by atoms with Crippen molar-refractivity contribution in [2.24, 2.45) is 0 Å². The first kappa shape index (κ1) is 27.3. The first-order chi connectivity index (χ1) is 17.1. The zero-order valence-electron chi connectivity index (χ0n) is 24.5. The van der Waals surface area contributed by atoms with Gasteiger partial charge in [0.25, 0.3) is 0 Å². The third kappa shape index (κ3) is 5.32. The van der Waals surface area contributed by atoms with Gasteiger partial charge in [0.05, 0.1) is 14.2 Å². The molecule has 0 radical (unpaired) electrons. The van der Waals surface area contributed by atoms with Gasteiger partial charge in [0.15, 0.2) is 0 Å². The van der Waals surface area contributed by atoms with E-state index in [1.54, 1.807) is 14.2 Å². The smallest absolute Gasteiger partial charge is 0.119 e. The van der Waals surface area contributed by atoms with E-state index < -0.39 is 7.53 Å². The monoisotopic (exact) mass is 514 g/mol. The Balaban J connectivity index is 2.20. The Hall–Kier alpha value is -2.70. The van der Waals surface area contributed by atoms with Crippen molar-refractivity contribution in [3.05, 3.63) is 77.4 Å². The molecule has 4 aromatic rings. The van der Waals surface area contributed by atoms with E-state index in [-0.39, 0.29) is 16.2 Å². The van der Waals surface area contributed by atoms with Crippen LogP contribution in [0.3, 0.4) is 0 Å². The van der Waals surface area contributed by atoms with Crippen LogP contribution < -0.4 is 9.47 Å². The number of benzene rings is 3. The molecule has 0 saturated carbocycles. The van der Waals surface area contributed by atoms with Gasteiger partial charge in [-0.05, 0) is 80.3 Å². The molecule has 2 nitrogen and oxygen atoms in total. The first-order valence-electron chi connectivity index (χ1n) is 13.2. The minimum Gasteiger partial charge on any atom is -0.497 e. The molecule has 1 aromatic heterocycles. The highest BCUT2D eigenvalue weighted by atomic mass is 31.1. The van der Waals surface area contributed by atoms with Crippen molar-refractivity contribution in [2.75, 3.05) is 14.2 Å². The fourth-order valence-electron chi connectivity index (χ4n) is 4.99. The van der Waals surface area contributed by atoms with Crippen LogP contribution >= 0.6 is 7.53 Å². The Bertz CT molecular complexity index is 1380. The van der Waals surface area contributed by atoms with Gasteiger partial charge in [0.2, 0.25) is 0 Å². The van der Waals surface area contributed by atoms with Crippen LogP contribution in [0.15, 0.2) is 60.7 Å². The largest absolute Gasteiger partial charge is 0.497 e. The number of fused-ring (bicyclic) bond motifs is 1. The first-order valence-corrected chi connectivity index (χ1v) is 14.5. The molecular weight excluding hydrogens is 471 g/mol. The van der Waals surface area contributed by atoms with E-state index in [2.05, 4.69) is 123 Å². The number of ether oxygens (including phenoxy) is 2. The molecule has 196 valence electrons. The lowest BCUT2D eigenvalue weighted by atomic mass is 9.75. The number of rotatable bonds is 4. The van der Waals surface area contributed by atoms with Gasteiger partial charge in [-0.15, -0.1) is 0 Å². The zero-order valence-corrected chi connectivity index (χ0v) is 25.4. The molecule has 3 heteroatoms. The Morgan fingerprint density at radius 2 is 1.08 bits per heavy atom. The highest BCUT2D eigenvalue weighted by Crippen LogP contribution is 2.61. The highest BCUT2D eigenvalue weighted by molar-refractivity contribution is 7.65. The van der Waals surface area contributed by atoms with Gasteiger partial charge in [-0.3, -0.25) is 0 Å². The fourth-order valence-corrected chi connectivity index (χ4v) is 8.30. The lowest BCUT2D eigenvalue weighted by Crippen LogP contribution is -2.22. The maximum atomic E-state index is 5.62. The van der Waals surface area contributed by atoms with Crippen molar-refractivity contribution in [1.29, 1.82) is 0 Å². The maximum Gasteiger partial charge on any atom is 0.119 e. The van der Waals surface area contributed by atoms with E-state index in [4.69, 9.17) is 9.47 Å². The molecule has 3 aromatic carbocycles.